The lowest BCUT2D eigenvalue weighted by Crippen LogP contribution is -2.74. The molecule has 202 valence electrons. The Morgan fingerprint density at radius 2 is 1.57 bits per heavy atom. The number of carbonyl (C=O) groups excluding carboxylic acids is 4. The van der Waals surface area contributed by atoms with Crippen LogP contribution in [0, 0.1) is 17.3 Å². The number of ether oxygens (including phenoxy) is 5. The molecule has 0 N–H and O–H groups in total. The van der Waals surface area contributed by atoms with Crippen LogP contribution in [0.3, 0.4) is 0 Å². The van der Waals surface area contributed by atoms with Crippen molar-refractivity contribution in [1.82, 2.24) is 0 Å². The van der Waals surface area contributed by atoms with Crippen LogP contribution >= 0.6 is 0 Å². The highest BCUT2D eigenvalue weighted by Gasteiger charge is 2.79. The Kier molecular flexibility index (Phi) is 7.14. The van der Waals surface area contributed by atoms with Gasteiger partial charge in [0, 0.05) is 26.7 Å². The summed E-state index contributed by atoms with van der Waals surface area (Å²) in [6, 6.07) is 8.48. The first kappa shape index (κ1) is 27.1. The van der Waals surface area contributed by atoms with Gasteiger partial charge >= 0.3 is 23.9 Å². The minimum absolute atomic E-state index is 0.0599. The van der Waals surface area contributed by atoms with Crippen molar-refractivity contribution in [1.29, 1.82) is 0 Å². The van der Waals surface area contributed by atoms with Gasteiger partial charge in [-0.15, -0.1) is 0 Å². The van der Waals surface area contributed by atoms with E-state index in [1.54, 1.807) is 30.3 Å². The molecule has 1 aromatic carbocycles. The molecule has 7 atom stereocenters. The topological polar surface area (TPSA) is 114 Å². The molecule has 1 aliphatic heterocycles. The van der Waals surface area contributed by atoms with Gasteiger partial charge in [-0.3, -0.25) is 14.4 Å². The van der Waals surface area contributed by atoms with Gasteiger partial charge in [-0.25, -0.2) is 4.79 Å². The predicted octanol–water partition coefficient (Wildman–Crippen LogP) is 3.62. The van der Waals surface area contributed by atoms with E-state index in [0.29, 0.717) is 24.8 Å². The SMILES string of the molecule is CC(=O)OCC12C(OC(C)=O)CC[C@H](C)[C@]13C[C@H](C(OC(C)=O)C2OC(=O)c1ccccc1)C(C)(C)O3. The van der Waals surface area contributed by atoms with Crippen LogP contribution in [-0.2, 0) is 38.1 Å². The molecular weight excluding hydrogens is 480 g/mol. The van der Waals surface area contributed by atoms with E-state index < -0.39 is 58.8 Å². The minimum Gasteiger partial charge on any atom is -0.465 e. The molecule has 2 bridgehead atoms. The molecule has 1 saturated heterocycles. The highest BCUT2D eigenvalue weighted by molar-refractivity contribution is 5.89. The molecule has 0 radical (unpaired) electrons. The maximum Gasteiger partial charge on any atom is 0.338 e. The highest BCUT2D eigenvalue weighted by atomic mass is 16.6. The summed E-state index contributed by atoms with van der Waals surface area (Å²) in [5.41, 5.74) is -2.77. The van der Waals surface area contributed by atoms with Crippen molar-refractivity contribution in [2.24, 2.45) is 17.3 Å². The third kappa shape index (κ3) is 4.51. The van der Waals surface area contributed by atoms with Crippen molar-refractivity contribution in [3.63, 3.8) is 0 Å². The molecule has 4 rings (SSSR count). The number of hydrogen-bond acceptors (Lipinski definition) is 9. The average molecular weight is 517 g/mol. The molecule has 2 saturated carbocycles. The molecule has 1 aromatic rings. The molecule has 9 heteroatoms. The van der Waals surface area contributed by atoms with Crippen molar-refractivity contribution < 1.29 is 42.9 Å². The van der Waals surface area contributed by atoms with Crippen LogP contribution in [0.1, 0.15) is 71.2 Å². The maximum absolute atomic E-state index is 13.5. The van der Waals surface area contributed by atoms with Crippen LogP contribution in [0.2, 0.25) is 0 Å². The molecule has 0 amide bonds. The van der Waals surface area contributed by atoms with E-state index in [1.807, 2.05) is 20.8 Å². The predicted molar refractivity (Wildman–Crippen MR) is 130 cm³/mol. The fraction of sp³-hybridized carbons (Fsp3) is 0.643. The van der Waals surface area contributed by atoms with Crippen molar-refractivity contribution in [3.05, 3.63) is 35.9 Å². The van der Waals surface area contributed by atoms with Crippen LogP contribution in [0.5, 0.6) is 0 Å². The zero-order valence-electron chi connectivity index (χ0n) is 22.3. The number of hydrogen-bond donors (Lipinski definition) is 0. The highest BCUT2D eigenvalue weighted by Crippen LogP contribution is 2.67. The summed E-state index contributed by atoms with van der Waals surface area (Å²) in [5, 5.41) is 0. The minimum atomic E-state index is -1.32. The average Bonchev–Trinajstić information content (AvgIpc) is 3.08. The van der Waals surface area contributed by atoms with Crippen LogP contribution in [-0.4, -0.2) is 60.0 Å². The van der Waals surface area contributed by atoms with E-state index in [9.17, 15) is 19.2 Å². The summed E-state index contributed by atoms with van der Waals surface area (Å²) in [5.74, 6) is -2.62. The Morgan fingerprint density at radius 1 is 0.919 bits per heavy atom. The van der Waals surface area contributed by atoms with E-state index in [-0.39, 0.29) is 18.4 Å². The molecule has 3 fully saturated rings. The maximum atomic E-state index is 13.5. The number of esters is 4. The number of carbonyl (C=O) groups is 4. The Hall–Kier alpha value is -2.94. The van der Waals surface area contributed by atoms with Crippen LogP contribution in [0.25, 0.3) is 0 Å². The molecule has 2 aliphatic carbocycles. The zero-order valence-corrected chi connectivity index (χ0v) is 22.3. The first-order valence-electron chi connectivity index (χ1n) is 12.8. The second-order valence-corrected chi connectivity index (χ2v) is 11.1. The Balaban J connectivity index is 1.95. The van der Waals surface area contributed by atoms with Crippen molar-refractivity contribution >= 4 is 23.9 Å². The summed E-state index contributed by atoms with van der Waals surface area (Å²) < 4.78 is 30.6. The van der Waals surface area contributed by atoms with E-state index in [4.69, 9.17) is 23.7 Å². The Bertz CT molecular complexity index is 1070. The van der Waals surface area contributed by atoms with Gasteiger partial charge in [0.25, 0.3) is 0 Å². The third-order valence-electron chi connectivity index (χ3n) is 8.45. The molecule has 1 spiro atoms. The summed E-state index contributed by atoms with van der Waals surface area (Å²) in [6.07, 6.45) is -1.28. The molecule has 3 aliphatic rings. The van der Waals surface area contributed by atoms with Crippen molar-refractivity contribution in [3.8, 4) is 0 Å². The van der Waals surface area contributed by atoms with Crippen molar-refractivity contribution in [2.75, 3.05) is 6.61 Å². The molecule has 9 nitrogen and oxygen atoms in total. The summed E-state index contributed by atoms with van der Waals surface area (Å²) >= 11 is 0. The molecule has 4 unspecified atom stereocenters. The largest absolute Gasteiger partial charge is 0.465 e. The summed E-state index contributed by atoms with van der Waals surface area (Å²) in [7, 11) is 0. The van der Waals surface area contributed by atoms with Gasteiger partial charge in [-0.1, -0.05) is 25.1 Å². The fourth-order valence-electron chi connectivity index (χ4n) is 6.96. The van der Waals surface area contributed by atoms with Gasteiger partial charge in [0.05, 0.1) is 16.8 Å². The third-order valence-corrected chi connectivity index (χ3v) is 8.45. The summed E-state index contributed by atoms with van der Waals surface area (Å²) in [4.78, 5) is 50.3. The van der Waals surface area contributed by atoms with Gasteiger partial charge in [-0.2, -0.15) is 0 Å². The zero-order chi connectivity index (χ0) is 27.2. The number of benzene rings is 1. The Morgan fingerprint density at radius 3 is 2.16 bits per heavy atom. The molecular formula is C28H36O9. The lowest BCUT2D eigenvalue weighted by Gasteiger charge is -2.61. The molecule has 1 heterocycles. The fourth-order valence-corrected chi connectivity index (χ4v) is 6.96. The van der Waals surface area contributed by atoms with E-state index in [2.05, 4.69) is 0 Å². The molecule has 37 heavy (non-hydrogen) atoms. The summed E-state index contributed by atoms with van der Waals surface area (Å²) in [6.45, 7) is 9.55. The standard InChI is InChI=1S/C28H36O9/c1-16-12-13-22(34-18(3)30)27(15-33-17(2)29)24(36-25(32)20-10-8-7-9-11-20)23(35-19(4)31)21-14-28(16,27)37-26(21,5)6/h7-11,16,21-24H,12-15H2,1-6H3/t16-,21+,22?,23?,24?,27?,28+/m0/s1. The molecule has 0 aromatic heterocycles. The van der Waals surface area contributed by atoms with Crippen LogP contribution < -0.4 is 0 Å². The van der Waals surface area contributed by atoms with E-state index in [0.717, 1.165) is 0 Å². The van der Waals surface area contributed by atoms with Gasteiger partial charge < -0.3 is 23.7 Å². The first-order chi connectivity index (χ1) is 17.3. The monoisotopic (exact) mass is 516 g/mol. The number of fused-ring (bicyclic) bond motifs is 1. The number of rotatable bonds is 6. The van der Waals surface area contributed by atoms with Crippen LogP contribution in [0.15, 0.2) is 30.3 Å². The second kappa shape index (κ2) is 9.74. The second-order valence-electron chi connectivity index (χ2n) is 11.1. The van der Waals surface area contributed by atoms with Crippen LogP contribution in [0.4, 0.5) is 0 Å². The van der Waals surface area contributed by atoms with Crippen molar-refractivity contribution in [2.45, 2.75) is 90.3 Å². The lowest BCUT2D eigenvalue weighted by atomic mass is 9.49. The van der Waals surface area contributed by atoms with E-state index >= 15 is 0 Å². The van der Waals surface area contributed by atoms with Gasteiger partial charge in [0.2, 0.25) is 0 Å². The normalized spacial score (nSPS) is 35.6. The Labute approximate surface area is 217 Å². The van der Waals surface area contributed by atoms with Gasteiger partial charge in [0.1, 0.15) is 24.2 Å². The lowest BCUT2D eigenvalue weighted by molar-refractivity contribution is -0.288. The van der Waals surface area contributed by atoms with E-state index in [1.165, 1.54) is 20.8 Å². The first-order valence-corrected chi connectivity index (χ1v) is 12.8. The van der Waals surface area contributed by atoms with Gasteiger partial charge in [-0.05, 0) is 51.2 Å². The smallest absolute Gasteiger partial charge is 0.338 e. The quantitative estimate of drug-likeness (QED) is 0.413. The van der Waals surface area contributed by atoms with Gasteiger partial charge in [0.15, 0.2) is 6.10 Å².